The number of carbonyl (C=O) groups excluding carboxylic acids is 1. The zero-order valence-electron chi connectivity index (χ0n) is 3.36. The topological polar surface area (TPSA) is 40.9 Å². The molecule has 0 aromatic heterocycles. The van der Waals surface area contributed by atoms with Gasteiger partial charge in [-0.25, -0.2) is 0 Å². The second-order valence-electron chi connectivity index (χ2n) is 0.793. The molecular formula is C4H3NO. The molecule has 0 unspecified atom stereocenters. The Labute approximate surface area is 36.4 Å². The van der Waals surface area contributed by atoms with E-state index < -0.39 is 0 Å². The van der Waals surface area contributed by atoms with Gasteiger partial charge in [-0.1, -0.05) is 0 Å². The predicted octanol–water partition coefficient (Wildman–Crippen LogP) is 0.180. The molecule has 6 heavy (non-hydrogen) atoms. The van der Waals surface area contributed by atoms with Gasteiger partial charge in [-0.15, -0.1) is 0 Å². The minimum absolute atomic E-state index is 0.322. The van der Waals surface area contributed by atoms with Crippen LogP contribution in [0.25, 0.3) is 0 Å². The molecule has 0 heterocycles. The standard InChI is InChI=1S/C4H3NO/c1-4(6)2-3-5/h1H3. The smallest absolute Gasteiger partial charge is 0.170 e. The fourth-order valence-electron chi connectivity index (χ4n) is 0.0787. The van der Waals surface area contributed by atoms with Crippen molar-refractivity contribution in [1.29, 1.82) is 5.26 Å². The molecular weight excluding hydrogens is 78.0 g/mol. The van der Waals surface area contributed by atoms with Crippen molar-refractivity contribution < 1.29 is 4.79 Å². The molecule has 0 rings (SSSR count). The molecule has 2 radical (unpaired) electrons. The van der Waals surface area contributed by atoms with E-state index in [-0.39, 0.29) is 5.78 Å². The highest BCUT2D eigenvalue weighted by atomic mass is 16.1. The Hall–Kier alpha value is -0.840. The van der Waals surface area contributed by atoms with Gasteiger partial charge in [0.25, 0.3) is 0 Å². The molecule has 0 aliphatic carbocycles. The Morgan fingerprint density at radius 1 is 1.83 bits per heavy atom. The molecule has 0 aliphatic rings. The van der Waals surface area contributed by atoms with Crippen LogP contribution in [0.2, 0.25) is 0 Å². The third-order valence-electron chi connectivity index (χ3n) is 0.232. The fraction of sp³-hybridized carbons (Fsp3) is 0.250. The van der Waals surface area contributed by atoms with Crippen molar-refractivity contribution in [3.63, 3.8) is 0 Å². The first-order chi connectivity index (χ1) is 2.77. The van der Waals surface area contributed by atoms with Crippen LogP contribution in [0.4, 0.5) is 0 Å². The average Bonchev–Trinajstić information content (AvgIpc) is 1.35. The first-order valence-electron chi connectivity index (χ1n) is 1.43. The van der Waals surface area contributed by atoms with Crippen LogP contribution in [0, 0.1) is 17.8 Å². The van der Waals surface area contributed by atoms with E-state index in [0.29, 0.717) is 0 Å². The predicted molar refractivity (Wildman–Crippen MR) is 19.5 cm³/mol. The van der Waals surface area contributed by atoms with Gasteiger partial charge in [-0.3, -0.25) is 4.79 Å². The van der Waals surface area contributed by atoms with Crippen LogP contribution >= 0.6 is 0 Å². The molecule has 0 spiro atoms. The molecule has 0 N–H and O–H groups in total. The van der Waals surface area contributed by atoms with Crippen LogP contribution < -0.4 is 0 Å². The third kappa shape index (κ3) is 3.16. The van der Waals surface area contributed by atoms with Gasteiger partial charge in [0.1, 0.15) is 0 Å². The Bertz CT molecular complexity index is 90.2. The first kappa shape index (κ1) is 5.16. The van der Waals surface area contributed by atoms with Crippen molar-refractivity contribution in [3.05, 3.63) is 6.42 Å². The fourth-order valence-corrected chi connectivity index (χ4v) is 0.0787. The summed E-state index contributed by atoms with van der Waals surface area (Å²) in [6.07, 6.45) is 1.88. The van der Waals surface area contributed by atoms with Gasteiger partial charge >= 0.3 is 0 Å². The molecule has 0 bridgehead atoms. The number of ketones is 1. The zero-order chi connectivity index (χ0) is 4.99. The minimum Gasteiger partial charge on any atom is -0.298 e. The maximum absolute atomic E-state index is 9.71. The van der Waals surface area contributed by atoms with E-state index in [1.165, 1.54) is 13.0 Å². The molecule has 2 heteroatoms. The monoisotopic (exact) mass is 81.0 g/mol. The molecule has 0 aromatic carbocycles. The van der Waals surface area contributed by atoms with Crippen molar-refractivity contribution in [2.75, 3.05) is 0 Å². The lowest BCUT2D eigenvalue weighted by atomic mass is 10.3. The van der Waals surface area contributed by atoms with Crippen LogP contribution in [0.15, 0.2) is 0 Å². The van der Waals surface area contributed by atoms with Gasteiger partial charge in [0.15, 0.2) is 12.2 Å². The summed E-state index contributed by atoms with van der Waals surface area (Å²) in [5.41, 5.74) is 0. The van der Waals surface area contributed by atoms with Gasteiger partial charge in [0.05, 0.1) is 6.07 Å². The minimum atomic E-state index is -0.322. The second-order valence-corrected chi connectivity index (χ2v) is 0.793. The van der Waals surface area contributed by atoms with E-state index in [9.17, 15) is 4.79 Å². The number of hydrogen-bond acceptors (Lipinski definition) is 2. The van der Waals surface area contributed by atoms with Crippen LogP contribution in [0.3, 0.4) is 0 Å². The summed E-state index contributed by atoms with van der Waals surface area (Å²) in [7, 11) is 0. The van der Waals surface area contributed by atoms with E-state index in [2.05, 4.69) is 0 Å². The normalized spacial score (nSPS) is 6.67. The lowest BCUT2D eigenvalue weighted by molar-refractivity contribution is -0.113. The number of rotatable bonds is 1. The molecule has 0 amide bonds. The van der Waals surface area contributed by atoms with Gasteiger partial charge in [-0.05, 0) is 6.92 Å². The van der Waals surface area contributed by atoms with E-state index in [0.717, 1.165) is 0 Å². The third-order valence-corrected chi connectivity index (χ3v) is 0.232. The summed E-state index contributed by atoms with van der Waals surface area (Å²) < 4.78 is 0. The van der Waals surface area contributed by atoms with Gasteiger partial charge < -0.3 is 0 Å². The quantitative estimate of drug-likeness (QED) is 0.451. The number of hydrogen-bond donors (Lipinski definition) is 0. The first-order valence-corrected chi connectivity index (χ1v) is 1.43. The Balaban J connectivity index is 3.13. The Morgan fingerprint density at radius 3 is 2.33 bits per heavy atom. The second kappa shape index (κ2) is 2.40. The van der Waals surface area contributed by atoms with E-state index in [1.54, 1.807) is 0 Å². The SMILES string of the molecule is CC(=O)[C]C#N. The van der Waals surface area contributed by atoms with Gasteiger partial charge in [0, 0.05) is 0 Å². The summed E-state index contributed by atoms with van der Waals surface area (Å²) in [4.78, 5) is 9.71. The molecule has 0 aromatic rings. The largest absolute Gasteiger partial charge is 0.298 e. The van der Waals surface area contributed by atoms with Crippen molar-refractivity contribution in [2.45, 2.75) is 6.92 Å². The van der Waals surface area contributed by atoms with Gasteiger partial charge in [0.2, 0.25) is 0 Å². The molecule has 0 fully saturated rings. The highest BCUT2D eigenvalue weighted by Gasteiger charge is 1.86. The number of nitriles is 1. The van der Waals surface area contributed by atoms with E-state index in [1.807, 2.05) is 6.42 Å². The van der Waals surface area contributed by atoms with Crippen molar-refractivity contribution in [2.24, 2.45) is 0 Å². The van der Waals surface area contributed by atoms with Crippen LogP contribution in [0.5, 0.6) is 0 Å². The molecule has 0 atom stereocenters. The molecule has 2 nitrogen and oxygen atoms in total. The van der Waals surface area contributed by atoms with E-state index >= 15 is 0 Å². The number of carbonyl (C=O) groups is 1. The van der Waals surface area contributed by atoms with Crippen LogP contribution in [-0.2, 0) is 4.79 Å². The van der Waals surface area contributed by atoms with Crippen LogP contribution in [-0.4, -0.2) is 5.78 Å². The summed E-state index contributed by atoms with van der Waals surface area (Å²) in [5.74, 6) is -0.322. The summed E-state index contributed by atoms with van der Waals surface area (Å²) in [6.45, 7) is 1.28. The Morgan fingerprint density at radius 2 is 2.33 bits per heavy atom. The van der Waals surface area contributed by atoms with E-state index in [4.69, 9.17) is 5.26 Å². The zero-order valence-corrected chi connectivity index (χ0v) is 3.36. The Kier molecular flexibility index (Phi) is 2.06. The summed E-state index contributed by atoms with van der Waals surface area (Å²) in [6, 6.07) is 1.47. The maximum Gasteiger partial charge on any atom is 0.170 e. The molecule has 0 aliphatic heterocycles. The highest BCUT2D eigenvalue weighted by Crippen LogP contribution is 1.70. The highest BCUT2D eigenvalue weighted by molar-refractivity contribution is 5.87. The summed E-state index contributed by atoms with van der Waals surface area (Å²) in [5, 5.41) is 7.65. The lowest BCUT2D eigenvalue weighted by Gasteiger charge is -1.66. The van der Waals surface area contributed by atoms with Crippen molar-refractivity contribution in [3.8, 4) is 6.07 Å². The lowest BCUT2D eigenvalue weighted by Crippen LogP contribution is -1.84. The van der Waals surface area contributed by atoms with Gasteiger partial charge in [-0.2, -0.15) is 5.26 Å². The van der Waals surface area contributed by atoms with Crippen molar-refractivity contribution in [1.82, 2.24) is 0 Å². The molecule has 30 valence electrons. The maximum atomic E-state index is 9.71. The molecule has 0 saturated heterocycles. The number of nitrogens with zero attached hydrogens (tertiary/aromatic N) is 1. The average molecular weight is 81.1 g/mol. The summed E-state index contributed by atoms with van der Waals surface area (Å²) >= 11 is 0. The van der Waals surface area contributed by atoms with Crippen LogP contribution in [0.1, 0.15) is 6.92 Å². The van der Waals surface area contributed by atoms with Crippen molar-refractivity contribution >= 4 is 5.78 Å². The number of Topliss-reactive ketones (excluding diaryl/α,β-unsaturated/α-hetero) is 1. The molecule has 0 saturated carbocycles.